The van der Waals surface area contributed by atoms with E-state index in [1.54, 1.807) is 0 Å². The van der Waals surface area contributed by atoms with Crippen LogP contribution in [0.4, 0.5) is 40.7 Å². The van der Waals surface area contributed by atoms with Gasteiger partial charge in [0.05, 0.1) is 26.8 Å². The van der Waals surface area contributed by atoms with Crippen LogP contribution in [0.1, 0.15) is 5.56 Å². The lowest BCUT2D eigenvalue weighted by molar-refractivity contribution is -0.385. The van der Waals surface area contributed by atoms with E-state index in [9.17, 15) is 36.5 Å². The quantitative estimate of drug-likeness (QED) is 0.335. The van der Waals surface area contributed by atoms with Gasteiger partial charge in [0.25, 0.3) is 15.7 Å². The number of sulfonamides is 1. The van der Waals surface area contributed by atoms with Crippen LogP contribution in [0.3, 0.4) is 0 Å². The molecule has 0 spiro atoms. The van der Waals surface area contributed by atoms with Gasteiger partial charge in [0.15, 0.2) is 0 Å². The molecule has 172 valence electrons. The molecular weight excluding hydrogens is 465 g/mol. The highest BCUT2D eigenvalue weighted by molar-refractivity contribution is 7.92. The van der Waals surface area contributed by atoms with Gasteiger partial charge in [-0.2, -0.15) is 13.2 Å². The summed E-state index contributed by atoms with van der Waals surface area (Å²) in [6.45, 7) is 0. The second kappa shape index (κ2) is 9.16. The van der Waals surface area contributed by atoms with Gasteiger partial charge in [-0.05, 0) is 42.5 Å². The molecule has 0 aliphatic carbocycles. The Morgan fingerprint density at radius 3 is 2.12 bits per heavy atom. The fourth-order valence-electron chi connectivity index (χ4n) is 2.68. The van der Waals surface area contributed by atoms with Crippen LogP contribution in [0, 0.1) is 10.1 Å². The number of nitro groups is 1. The molecule has 0 saturated carbocycles. The molecule has 0 unspecified atom stereocenters. The molecule has 33 heavy (non-hydrogen) atoms. The Hall–Kier alpha value is -4.13. The van der Waals surface area contributed by atoms with Gasteiger partial charge < -0.3 is 10.6 Å². The lowest BCUT2D eigenvalue weighted by atomic mass is 10.2. The van der Waals surface area contributed by atoms with Gasteiger partial charge >= 0.3 is 12.2 Å². The summed E-state index contributed by atoms with van der Waals surface area (Å²) in [5.74, 6) is 0. The normalized spacial score (nSPS) is 11.5. The minimum absolute atomic E-state index is 0.0356. The van der Waals surface area contributed by atoms with Crippen molar-refractivity contribution in [2.75, 3.05) is 15.4 Å². The predicted molar refractivity (Wildman–Crippen MR) is 114 cm³/mol. The fourth-order valence-corrected chi connectivity index (χ4v) is 3.80. The maximum atomic E-state index is 12.7. The molecule has 13 heteroatoms. The van der Waals surface area contributed by atoms with Crippen LogP contribution >= 0.6 is 0 Å². The van der Waals surface area contributed by atoms with E-state index in [1.807, 2.05) is 0 Å². The van der Waals surface area contributed by atoms with Crippen molar-refractivity contribution in [2.45, 2.75) is 11.1 Å². The van der Waals surface area contributed by atoms with Crippen molar-refractivity contribution >= 4 is 38.8 Å². The summed E-state index contributed by atoms with van der Waals surface area (Å²) in [7, 11) is -4.24. The van der Waals surface area contributed by atoms with E-state index in [1.165, 1.54) is 36.4 Å². The second-order valence-electron chi connectivity index (χ2n) is 6.56. The first kappa shape index (κ1) is 23.5. The second-order valence-corrected chi connectivity index (χ2v) is 8.24. The first-order valence-electron chi connectivity index (χ1n) is 9.07. The van der Waals surface area contributed by atoms with E-state index in [0.717, 1.165) is 36.4 Å². The van der Waals surface area contributed by atoms with E-state index in [2.05, 4.69) is 15.4 Å². The van der Waals surface area contributed by atoms with Crippen molar-refractivity contribution in [1.29, 1.82) is 0 Å². The zero-order valence-corrected chi connectivity index (χ0v) is 17.3. The standard InChI is InChI=1S/C20H15F3N4O5S/c21-20(22,23)13-8-10-14(11-9-13)24-19(28)25-17-6-1-2-7-18(17)26-33(31,32)16-5-3-4-15(12-16)27(29)30/h1-12,26H,(H2,24,25,28). The fraction of sp³-hybridized carbons (Fsp3) is 0.0500. The molecule has 9 nitrogen and oxygen atoms in total. The molecule has 3 aromatic carbocycles. The largest absolute Gasteiger partial charge is 0.416 e. The monoisotopic (exact) mass is 480 g/mol. The minimum Gasteiger partial charge on any atom is -0.308 e. The number of hydrogen-bond acceptors (Lipinski definition) is 5. The maximum absolute atomic E-state index is 12.7. The zero-order chi connectivity index (χ0) is 24.2. The number of nitro benzene ring substituents is 1. The van der Waals surface area contributed by atoms with Crippen LogP contribution in [-0.2, 0) is 16.2 Å². The average molecular weight is 480 g/mol. The Morgan fingerprint density at radius 2 is 1.52 bits per heavy atom. The highest BCUT2D eigenvalue weighted by Crippen LogP contribution is 2.30. The Kier molecular flexibility index (Phi) is 6.53. The lowest BCUT2D eigenvalue weighted by Crippen LogP contribution is -2.21. The van der Waals surface area contributed by atoms with Crippen molar-refractivity contribution in [3.63, 3.8) is 0 Å². The van der Waals surface area contributed by atoms with Gasteiger partial charge in [0, 0.05) is 17.8 Å². The van der Waals surface area contributed by atoms with E-state index in [0.29, 0.717) is 0 Å². The van der Waals surface area contributed by atoms with E-state index >= 15 is 0 Å². The third-order valence-electron chi connectivity index (χ3n) is 4.23. The van der Waals surface area contributed by atoms with E-state index < -0.39 is 38.4 Å². The van der Waals surface area contributed by atoms with Gasteiger partial charge in [-0.25, -0.2) is 13.2 Å². The number of nitrogens with zero attached hydrogens (tertiary/aromatic N) is 1. The van der Waals surface area contributed by atoms with Crippen LogP contribution in [0.15, 0.2) is 77.7 Å². The molecule has 3 N–H and O–H groups in total. The first-order chi connectivity index (χ1) is 15.5. The Balaban J connectivity index is 1.76. The molecule has 0 fully saturated rings. The minimum atomic E-state index is -4.52. The van der Waals surface area contributed by atoms with Crippen molar-refractivity contribution in [3.8, 4) is 0 Å². The number of para-hydroxylation sites is 2. The van der Waals surface area contributed by atoms with E-state index in [4.69, 9.17) is 0 Å². The number of amides is 2. The van der Waals surface area contributed by atoms with Gasteiger partial charge in [0.1, 0.15) is 0 Å². The van der Waals surface area contributed by atoms with Crippen molar-refractivity contribution < 1.29 is 31.3 Å². The van der Waals surface area contributed by atoms with Crippen LogP contribution in [-0.4, -0.2) is 19.4 Å². The summed E-state index contributed by atoms with van der Waals surface area (Å²) in [6, 6.07) is 13.1. The Morgan fingerprint density at radius 1 is 0.879 bits per heavy atom. The molecule has 2 amide bonds. The summed E-state index contributed by atoms with van der Waals surface area (Å²) in [4.78, 5) is 22.1. The van der Waals surface area contributed by atoms with Gasteiger partial charge in [-0.3, -0.25) is 14.8 Å². The summed E-state index contributed by atoms with van der Waals surface area (Å²) >= 11 is 0. The lowest BCUT2D eigenvalue weighted by Gasteiger charge is -2.14. The average Bonchev–Trinajstić information content (AvgIpc) is 2.75. The molecule has 0 aliphatic heterocycles. The third kappa shape index (κ3) is 5.98. The first-order valence-corrected chi connectivity index (χ1v) is 10.6. The van der Waals surface area contributed by atoms with Gasteiger partial charge in [-0.15, -0.1) is 0 Å². The number of carbonyl (C=O) groups excluding carboxylic acids is 1. The zero-order valence-electron chi connectivity index (χ0n) is 16.5. The Labute approximate surface area is 185 Å². The van der Waals surface area contributed by atoms with Gasteiger partial charge in [-0.1, -0.05) is 18.2 Å². The number of benzene rings is 3. The topological polar surface area (TPSA) is 130 Å². The molecule has 3 aromatic rings. The molecule has 0 heterocycles. The number of hydrogen-bond donors (Lipinski definition) is 3. The summed E-state index contributed by atoms with van der Waals surface area (Å²) in [5, 5.41) is 15.7. The molecule has 0 aliphatic rings. The molecular formula is C20H15F3N4O5S. The molecule has 0 bridgehead atoms. The number of urea groups is 1. The predicted octanol–water partition coefficient (Wildman–Crippen LogP) is 5.06. The number of anilines is 3. The molecule has 0 radical (unpaired) electrons. The van der Waals surface area contributed by atoms with Crippen molar-refractivity contribution in [1.82, 2.24) is 0 Å². The number of nitrogens with one attached hydrogen (secondary N) is 3. The van der Waals surface area contributed by atoms with E-state index in [-0.39, 0.29) is 22.0 Å². The SMILES string of the molecule is O=C(Nc1ccc(C(F)(F)F)cc1)Nc1ccccc1NS(=O)(=O)c1cccc([N+](=O)[O-])c1. The van der Waals surface area contributed by atoms with Crippen LogP contribution in [0.5, 0.6) is 0 Å². The van der Waals surface area contributed by atoms with Crippen molar-refractivity contribution in [2.24, 2.45) is 0 Å². The molecule has 0 saturated heterocycles. The molecule has 3 rings (SSSR count). The highest BCUT2D eigenvalue weighted by atomic mass is 32.2. The van der Waals surface area contributed by atoms with Crippen LogP contribution in [0.25, 0.3) is 0 Å². The Bertz CT molecular complexity index is 1300. The highest BCUT2D eigenvalue weighted by Gasteiger charge is 2.30. The number of halogens is 3. The van der Waals surface area contributed by atoms with Crippen LogP contribution in [0.2, 0.25) is 0 Å². The van der Waals surface area contributed by atoms with Crippen molar-refractivity contribution in [3.05, 3.63) is 88.5 Å². The number of non-ortho nitro benzene ring substituents is 1. The molecule has 0 atom stereocenters. The van der Waals surface area contributed by atoms with Crippen LogP contribution < -0.4 is 15.4 Å². The number of carbonyl (C=O) groups is 1. The molecule has 0 aromatic heterocycles. The number of rotatable bonds is 6. The summed E-state index contributed by atoms with van der Waals surface area (Å²) in [6.07, 6.45) is -4.52. The number of alkyl halides is 3. The smallest absolute Gasteiger partial charge is 0.308 e. The third-order valence-corrected chi connectivity index (χ3v) is 5.59. The summed E-state index contributed by atoms with van der Waals surface area (Å²) < 4.78 is 65.5. The summed E-state index contributed by atoms with van der Waals surface area (Å²) in [5.41, 5.74) is -1.22. The maximum Gasteiger partial charge on any atom is 0.416 e. The van der Waals surface area contributed by atoms with Gasteiger partial charge in [0.2, 0.25) is 0 Å².